The predicted molar refractivity (Wildman–Crippen MR) is 89.3 cm³/mol. The Hall–Kier alpha value is -2.48. The maximum Gasteiger partial charge on any atom is 0.433 e. The van der Waals surface area contributed by atoms with Gasteiger partial charge in [-0.1, -0.05) is 6.07 Å². The van der Waals surface area contributed by atoms with Gasteiger partial charge in [-0.05, 0) is 44.0 Å². The molecular weight excluding hydrogens is 343 g/mol. The van der Waals surface area contributed by atoms with Crippen molar-refractivity contribution in [2.75, 3.05) is 6.54 Å². The van der Waals surface area contributed by atoms with Crippen LogP contribution in [-0.4, -0.2) is 31.0 Å². The monoisotopic (exact) mass is 361 g/mol. The first kappa shape index (κ1) is 17.0. The molecule has 1 aliphatic rings. The van der Waals surface area contributed by atoms with E-state index < -0.39 is 11.9 Å². The molecule has 1 saturated heterocycles. The van der Waals surface area contributed by atoms with Gasteiger partial charge in [-0.25, -0.2) is 9.50 Å². The first-order valence-electron chi connectivity index (χ1n) is 8.49. The largest absolute Gasteiger partial charge is 0.433 e. The van der Waals surface area contributed by atoms with E-state index in [0.29, 0.717) is 17.9 Å². The molecule has 1 atom stereocenters. The molecule has 0 radical (unpaired) electrons. The van der Waals surface area contributed by atoms with Crippen LogP contribution in [0.5, 0.6) is 0 Å². The number of fused-ring (bicyclic) bond motifs is 1. The van der Waals surface area contributed by atoms with E-state index in [4.69, 9.17) is 0 Å². The molecule has 0 spiro atoms. The molecule has 0 aliphatic carbocycles. The van der Waals surface area contributed by atoms with E-state index in [2.05, 4.69) is 20.0 Å². The third kappa shape index (κ3) is 3.16. The van der Waals surface area contributed by atoms with Crippen LogP contribution in [0, 0.1) is 6.92 Å². The summed E-state index contributed by atoms with van der Waals surface area (Å²) >= 11 is 0. The second-order valence-electron chi connectivity index (χ2n) is 6.61. The fraction of sp³-hybridized carbons (Fsp3) is 0.389. The SMILES string of the molecule is Cc1cc(C(F)(F)F)n2nc([C@H]3CCCN3Cc3cccnc3)cc2n1. The van der Waals surface area contributed by atoms with Gasteiger partial charge >= 0.3 is 6.18 Å². The molecule has 0 aromatic carbocycles. The normalized spacial score (nSPS) is 18.7. The van der Waals surface area contributed by atoms with Crippen LogP contribution >= 0.6 is 0 Å². The summed E-state index contributed by atoms with van der Waals surface area (Å²) in [5.41, 5.74) is 1.49. The highest BCUT2D eigenvalue weighted by Gasteiger charge is 2.36. The molecule has 0 amide bonds. The molecule has 0 N–H and O–H groups in total. The van der Waals surface area contributed by atoms with Gasteiger partial charge in [-0.3, -0.25) is 9.88 Å². The number of halogens is 3. The summed E-state index contributed by atoms with van der Waals surface area (Å²) in [5.74, 6) is 0. The minimum Gasteiger partial charge on any atom is -0.290 e. The molecule has 0 unspecified atom stereocenters. The quantitative estimate of drug-likeness (QED) is 0.712. The zero-order valence-corrected chi connectivity index (χ0v) is 14.2. The van der Waals surface area contributed by atoms with E-state index >= 15 is 0 Å². The van der Waals surface area contributed by atoms with Crippen LogP contribution in [0.25, 0.3) is 5.65 Å². The van der Waals surface area contributed by atoms with Crippen molar-refractivity contribution in [3.8, 4) is 0 Å². The van der Waals surface area contributed by atoms with Crippen molar-refractivity contribution in [2.24, 2.45) is 0 Å². The van der Waals surface area contributed by atoms with Gasteiger partial charge in [-0.15, -0.1) is 0 Å². The Morgan fingerprint density at radius 3 is 2.85 bits per heavy atom. The van der Waals surface area contributed by atoms with Crippen LogP contribution in [0.15, 0.2) is 36.7 Å². The van der Waals surface area contributed by atoms with Crippen molar-refractivity contribution in [3.63, 3.8) is 0 Å². The number of aryl methyl sites for hydroxylation is 1. The van der Waals surface area contributed by atoms with Gasteiger partial charge in [0.05, 0.1) is 11.7 Å². The first-order chi connectivity index (χ1) is 12.4. The zero-order valence-electron chi connectivity index (χ0n) is 14.2. The standard InChI is InChI=1S/C18H18F3N5/c1-12-8-16(18(19,20)21)26-17(23-12)9-14(24-26)15-5-3-7-25(15)11-13-4-2-6-22-10-13/h2,4,6,8-10,15H,3,5,7,11H2,1H3/t15-/m1/s1. The second-order valence-corrected chi connectivity index (χ2v) is 6.61. The van der Waals surface area contributed by atoms with Gasteiger partial charge < -0.3 is 0 Å². The summed E-state index contributed by atoms with van der Waals surface area (Å²) in [7, 11) is 0. The smallest absolute Gasteiger partial charge is 0.290 e. The summed E-state index contributed by atoms with van der Waals surface area (Å²) in [5, 5.41) is 4.27. The second kappa shape index (κ2) is 6.35. The van der Waals surface area contributed by atoms with Gasteiger partial charge in [0.15, 0.2) is 5.65 Å². The van der Waals surface area contributed by atoms with Crippen LogP contribution in [0.4, 0.5) is 13.2 Å². The summed E-state index contributed by atoms with van der Waals surface area (Å²) in [6.07, 6.45) is 0.910. The lowest BCUT2D eigenvalue weighted by Crippen LogP contribution is -2.23. The Bertz CT molecular complexity index is 920. The molecule has 136 valence electrons. The molecular formula is C18H18F3N5. The molecule has 8 heteroatoms. The Labute approximate surface area is 148 Å². The van der Waals surface area contributed by atoms with Crippen LogP contribution in [0.1, 0.15) is 41.5 Å². The number of hydrogen-bond acceptors (Lipinski definition) is 4. The van der Waals surface area contributed by atoms with E-state index in [-0.39, 0.29) is 11.7 Å². The minimum absolute atomic E-state index is 0.0155. The van der Waals surface area contributed by atoms with Crippen molar-refractivity contribution < 1.29 is 13.2 Å². The summed E-state index contributed by atoms with van der Waals surface area (Å²) in [4.78, 5) is 10.6. The number of rotatable bonds is 3. The Balaban J connectivity index is 1.70. The number of alkyl halides is 3. The molecule has 3 aromatic rings. The van der Waals surface area contributed by atoms with E-state index in [1.807, 2.05) is 18.3 Å². The van der Waals surface area contributed by atoms with Crippen molar-refractivity contribution in [3.05, 3.63) is 59.3 Å². The number of nitrogens with zero attached hydrogens (tertiary/aromatic N) is 5. The molecule has 3 aromatic heterocycles. The summed E-state index contributed by atoms with van der Waals surface area (Å²) in [6.45, 7) is 3.14. The molecule has 4 heterocycles. The fourth-order valence-electron chi connectivity index (χ4n) is 3.56. The Morgan fingerprint density at radius 1 is 1.27 bits per heavy atom. The van der Waals surface area contributed by atoms with Crippen molar-refractivity contribution in [1.29, 1.82) is 0 Å². The molecule has 26 heavy (non-hydrogen) atoms. The molecule has 5 nitrogen and oxygen atoms in total. The van der Waals surface area contributed by atoms with Gasteiger partial charge in [-0.2, -0.15) is 18.3 Å². The maximum atomic E-state index is 13.3. The van der Waals surface area contributed by atoms with Crippen LogP contribution < -0.4 is 0 Å². The maximum absolute atomic E-state index is 13.3. The lowest BCUT2D eigenvalue weighted by molar-refractivity contribution is -0.142. The minimum atomic E-state index is -4.47. The molecule has 0 bridgehead atoms. The molecule has 0 saturated carbocycles. The zero-order chi connectivity index (χ0) is 18.3. The number of aromatic nitrogens is 4. The lowest BCUT2D eigenvalue weighted by Gasteiger charge is -2.22. The van der Waals surface area contributed by atoms with Crippen LogP contribution in [0.3, 0.4) is 0 Å². The predicted octanol–water partition coefficient (Wildman–Crippen LogP) is 3.79. The number of pyridine rings is 1. The van der Waals surface area contributed by atoms with E-state index in [1.165, 1.54) is 0 Å². The van der Waals surface area contributed by atoms with Gasteiger partial charge in [0.2, 0.25) is 0 Å². The topological polar surface area (TPSA) is 46.3 Å². The lowest BCUT2D eigenvalue weighted by atomic mass is 10.1. The van der Waals surface area contributed by atoms with Gasteiger partial charge in [0.1, 0.15) is 5.69 Å². The van der Waals surface area contributed by atoms with Gasteiger partial charge in [0, 0.05) is 30.7 Å². The average molecular weight is 361 g/mol. The van der Waals surface area contributed by atoms with E-state index in [1.54, 1.807) is 19.2 Å². The Morgan fingerprint density at radius 2 is 2.12 bits per heavy atom. The van der Waals surface area contributed by atoms with E-state index in [9.17, 15) is 13.2 Å². The van der Waals surface area contributed by atoms with Crippen molar-refractivity contribution in [1.82, 2.24) is 24.5 Å². The highest BCUT2D eigenvalue weighted by atomic mass is 19.4. The Kier molecular flexibility index (Phi) is 4.14. The molecule has 4 rings (SSSR count). The number of likely N-dealkylation sites (tertiary alicyclic amines) is 1. The molecule has 1 aliphatic heterocycles. The average Bonchev–Trinajstić information content (AvgIpc) is 3.20. The summed E-state index contributed by atoms with van der Waals surface area (Å²) in [6, 6.07) is 6.57. The third-order valence-corrected chi connectivity index (χ3v) is 4.68. The number of hydrogen-bond donors (Lipinski definition) is 0. The van der Waals surface area contributed by atoms with Crippen molar-refractivity contribution >= 4 is 5.65 Å². The highest BCUT2D eigenvalue weighted by Crippen LogP contribution is 2.35. The van der Waals surface area contributed by atoms with E-state index in [0.717, 1.165) is 35.5 Å². The van der Waals surface area contributed by atoms with Crippen LogP contribution in [-0.2, 0) is 12.7 Å². The first-order valence-corrected chi connectivity index (χ1v) is 8.49. The summed E-state index contributed by atoms with van der Waals surface area (Å²) < 4.78 is 40.9. The highest BCUT2D eigenvalue weighted by molar-refractivity contribution is 5.43. The fourth-order valence-corrected chi connectivity index (χ4v) is 3.56. The van der Waals surface area contributed by atoms with Crippen LogP contribution in [0.2, 0.25) is 0 Å². The third-order valence-electron chi connectivity index (χ3n) is 4.68. The van der Waals surface area contributed by atoms with Gasteiger partial charge in [0.25, 0.3) is 0 Å². The van der Waals surface area contributed by atoms with Crippen molar-refractivity contribution in [2.45, 2.75) is 38.5 Å². The molecule has 1 fully saturated rings.